The van der Waals surface area contributed by atoms with Crippen LogP contribution in [0, 0.1) is 6.92 Å². The van der Waals surface area contributed by atoms with Gasteiger partial charge >= 0.3 is 0 Å². The summed E-state index contributed by atoms with van der Waals surface area (Å²) in [5, 5.41) is 0. The summed E-state index contributed by atoms with van der Waals surface area (Å²) in [5.74, 6) is 2.60. The molecule has 2 nitrogen and oxygen atoms in total. The highest BCUT2D eigenvalue weighted by molar-refractivity contribution is 5.82. The van der Waals surface area contributed by atoms with E-state index in [-0.39, 0.29) is 11.8 Å². The van der Waals surface area contributed by atoms with Crippen LogP contribution in [-0.4, -0.2) is 4.57 Å². The van der Waals surface area contributed by atoms with Gasteiger partial charge in [0.25, 0.3) is 5.82 Å². The van der Waals surface area contributed by atoms with Gasteiger partial charge in [-0.1, -0.05) is 113 Å². The van der Waals surface area contributed by atoms with Gasteiger partial charge < -0.3 is 0 Å². The van der Waals surface area contributed by atoms with E-state index in [1.807, 2.05) is 0 Å². The van der Waals surface area contributed by atoms with Gasteiger partial charge in [-0.05, 0) is 75.9 Å². The molecule has 5 aromatic carbocycles. The number of benzene rings is 5. The summed E-state index contributed by atoms with van der Waals surface area (Å²) in [6, 6.07) is 39.1. The van der Waals surface area contributed by atoms with Crippen LogP contribution in [0.4, 0.5) is 0 Å². The Kier molecular flexibility index (Phi) is 5.82. The summed E-state index contributed by atoms with van der Waals surface area (Å²) in [7, 11) is 2.25. The molecule has 0 radical (unpaired) electrons. The minimum absolute atomic E-state index is 0.254. The fourth-order valence-electron chi connectivity index (χ4n) is 8.18. The van der Waals surface area contributed by atoms with Gasteiger partial charge in [-0.25, -0.2) is 4.57 Å². The van der Waals surface area contributed by atoms with Crippen LogP contribution >= 0.6 is 0 Å². The molecule has 0 spiro atoms. The molecule has 2 bridgehead atoms. The van der Waals surface area contributed by atoms with Gasteiger partial charge in [0.15, 0.2) is 11.0 Å². The van der Waals surface area contributed by atoms with Crippen LogP contribution in [0.25, 0.3) is 28.1 Å². The van der Waals surface area contributed by atoms with Gasteiger partial charge in [-0.15, -0.1) is 0 Å². The number of fused-ring (bicyclic) bond motifs is 1. The molecule has 3 aliphatic rings. The Morgan fingerprint density at radius 3 is 1.60 bits per heavy atom. The van der Waals surface area contributed by atoms with Gasteiger partial charge in [0, 0.05) is 23.0 Å². The largest absolute Gasteiger partial charge is 0.295 e. The lowest BCUT2D eigenvalue weighted by molar-refractivity contribution is -0.633. The Hall–Kier alpha value is -4.43. The fraction of sp³-hybridized carbons (Fsp3) is 0.244. The monoisotopic (exact) mass is 559 g/mol. The Bertz CT molecular complexity index is 2000. The highest BCUT2D eigenvalue weighted by Crippen LogP contribution is 2.56. The molecule has 0 unspecified atom stereocenters. The van der Waals surface area contributed by atoms with Gasteiger partial charge in [0.1, 0.15) is 5.69 Å². The van der Waals surface area contributed by atoms with Gasteiger partial charge in [0.2, 0.25) is 0 Å². The number of rotatable bonds is 4. The SMILES string of the molecule is Cc1cc2c(cc1-c1n(-c3c(C(C)C)cccc3C(C)C)c3ccccc3[n+]1C)C1c3ccccc3C2c2ccccc21. The Balaban J connectivity index is 1.46. The number of aryl methyl sites for hydroxylation is 2. The number of aromatic nitrogens is 2. The number of para-hydroxylation sites is 3. The maximum Gasteiger partial charge on any atom is 0.295 e. The van der Waals surface area contributed by atoms with Crippen LogP contribution in [0.3, 0.4) is 0 Å². The Labute approximate surface area is 255 Å². The van der Waals surface area contributed by atoms with Gasteiger partial charge in [0.05, 0.1) is 12.6 Å². The highest BCUT2D eigenvalue weighted by atomic mass is 15.2. The molecule has 43 heavy (non-hydrogen) atoms. The normalized spacial score (nSPS) is 16.6. The van der Waals surface area contributed by atoms with Crippen molar-refractivity contribution < 1.29 is 4.57 Å². The first-order valence-corrected chi connectivity index (χ1v) is 15.8. The van der Waals surface area contributed by atoms with Crippen molar-refractivity contribution >= 4 is 11.0 Å². The molecule has 1 heterocycles. The number of nitrogens with zero attached hydrogens (tertiary/aromatic N) is 2. The van der Waals surface area contributed by atoms with Crippen molar-refractivity contribution in [2.24, 2.45) is 7.05 Å². The van der Waals surface area contributed by atoms with Crippen LogP contribution in [0.2, 0.25) is 0 Å². The Morgan fingerprint density at radius 1 is 0.581 bits per heavy atom. The maximum absolute atomic E-state index is 2.58. The summed E-state index contributed by atoms with van der Waals surface area (Å²) in [4.78, 5) is 0. The quantitative estimate of drug-likeness (QED) is 0.190. The lowest BCUT2D eigenvalue weighted by Gasteiger charge is -2.42. The third-order valence-electron chi connectivity index (χ3n) is 10.1. The molecule has 6 aromatic rings. The molecule has 0 saturated heterocycles. The summed E-state index contributed by atoms with van der Waals surface area (Å²) >= 11 is 0. The van der Waals surface area contributed by atoms with Gasteiger partial charge in [-0.2, -0.15) is 4.57 Å². The smallest absolute Gasteiger partial charge is 0.225 e. The van der Waals surface area contributed by atoms with Crippen LogP contribution < -0.4 is 4.57 Å². The molecule has 9 rings (SSSR count). The summed E-state index contributed by atoms with van der Waals surface area (Å²) in [5.41, 5.74) is 18.1. The molecule has 2 heteroatoms. The van der Waals surface area contributed by atoms with E-state index in [2.05, 4.69) is 154 Å². The molecule has 3 aliphatic carbocycles. The van der Waals surface area contributed by atoms with E-state index in [1.54, 1.807) is 0 Å². The topological polar surface area (TPSA) is 8.81 Å². The predicted octanol–water partition coefficient (Wildman–Crippen LogP) is 9.66. The third-order valence-corrected chi connectivity index (χ3v) is 10.1. The van der Waals surface area contributed by atoms with Gasteiger partial charge in [-0.3, -0.25) is 0 Å². The first-order valence-electron chi connectivity index (χ1n) is 15.8. The van der Waals surface area contributed by atoms with Crippen LogP contribution in [0.5, 0.6) is 0 Å². The molecular formula is C41H39N2+. The van der Waals surface area contributed by atoms with Crippen molar-refractivity contribution in [2.45, 2.75) is 58.3 Å². The predicted molar refractivity (Wildman–Crippen MR) is 178 cm³/mol. The van der Waals surface area contributed by atoms with Crippen LogP contribution in [0.1, 0.15) is 101 Å². The lowest BCUT2D eigenvalue weighted by atomic mass is 9.60. The van der Waals surface area contributed by atoms with Crippen molar-refractivity contribution in [2.75, 3.05) is 0 Å². The lowest BCUT2D eigenvalue weighted by Crippen LogP contribution is -2.31. The van der Waals surface area contributed by atoms with E-state index < -0.39 is 0 Å². The van der Waals surface area contributed by atoms with Crippen LogP contribution in [0.15, 0.2) is 103 Å². The zero-order valence-electron chi connectivity index (χ0n) is 26.0. The number of imidazole rings is 1. The van der Waals surface area contributed by atoms with E-state index in [4.69, 9.17) is 0 Å². The first kappa shape index (κ1) is 26.2. The minimum Gasteiger partial charge on any atom is -0.225 e. The van der Waals surface area contributed by atoms with E-state index in [0.717, 1.165) is 0 Å². The first-order chi connectivity index (χ1) is 20.9. The fourth-order valence-corrected chi connectivity index (χ4v) is 8.18. The molecule has 0 saturated carbocycles. The summed E-state index contributed by atoms with van der Waals surface area (Å²) in [6.07, 6.45) is 0. The molecule has 0 N–H and O–H groups in total. The third kappa shape index (κ3) is 3.62. The summed E-state index contributed by atoms with van der Waals surface area (Å²) < 4.78 is 5.01. The van der Waals surface area contributed by atoms with Crippen molar-refractivity contribution in [1.82, 2.24) is 4.57 Å². The van der Waals surface area contributed by atoms with E-state index in [9.17, 15) is 0 Å². The second kappa shape index (κ2) is 9.54. The maximum atomic E-state index is 2.58. The standard InChI is InChI=1S/C41H39N2/c1-24(2)27-18-13-19-28(25(3)4)40(27)43-37-21-12-11-20-36(37)42(6)41(43)33-23-35-34(22-26(33)5)38-29-14-7-9-16-31(29)39(35)32-17-10-8-15-30(32)38/h7-25,38-39H,1-6H3/q+1. The molecule has 1 aromatic heterocycles. The molecule has 0 fully saturated rings. The molecule has 0 amide bonds. The van der Waals surface area contributed by atoms with Crippen molar-refractivity contribution in [3.63, 3.8) is 0 Å². The van der Waals surface area contributed by atoms with Crippen LogP contribution in [-0.2, 0) is 7.05 Å². The molecule has 0 atom stereocenters. The van der Waals surface area contributed by atoms with Crippen molar-refractivity contribution in [1.29, 1.82) is 0 Å². The highest BCUT2D eigenvalue weighted by Gasteiger charge is 2.42. The number of hydrogen-bond donors (Lipinski definition) is 0. The second-order valence-electron chi connectivity index (χ2n) is 13.2. The minimum atomic E-state index is 0.254. The van der Waals surface area contributed by atoms with E-state index >= 15 is 0 Å². The number of hydrogen-bond acceptors (Lipinski definition) is 0. The van der Waals surface area contributed by atoms with Crippen molar-refractivity contribution in [3.8, 4) is 17.1 Å². The zero-order chi connectivity index (χ0) is 29.6. The Morgan fingerprint density at radius 2 is 1.07 bits per heavy atom. The van der Waals surface area contributed by atoms with E-state index in [1.165, 1.54) is 78.2 Å². The van der Waals surface area contributed by atoms with E-state index in [0.29, 0.717) is 11.8 Å². The molecule has 212 valence electrons. The average Bonchev–Trinajstić information content (AvgIpc) is 3.31. The molecule has 0 aliphatic heterocycles. The zero-order valence-corrected chi connectivity index (χ0v) is 26.0. The van der Waals surface area contributed by atoms with Crippen molar-refractivity contribution in [3.05, 3.63) is 153 Å². The summed E-state index contributed by atoms with van der Waals surface area (Å²) in [6.45, 7) is 11.6. The average molecular weight is 560 g/mol. The molecular weight excluding hydrogens is 520 g/mol. The second-order valence-corrected chi connectivity index (χ2v) is 13.2.